The maximum absolute atomic E-state index is 13.0. The van der Waals surface area contributed by atoms with Crippen molar-refractivity contribution < 1.29 is 17.9 Å². The van der Waals surface area contributed by atoms with Gasteiger partial charge in [-0.3, -0.25) is 4.90 Å². The third kappa shape index (κ3) is 4.78. The number of hydrogen-bond donors (Lipinski definition) is 0. The van der Waals surface area contributed by atoms with E-state index in [1.165, 1.54) is 12.1 Å². The van der Waals surface area contributed by atoms with Gasteiger partial charge in [0, 0.05) is 31.9 Å². The van der Waals surface area contributed by atoms with E-state index < -0.39 is 11.7 Å². The summed E-state index contributed by atoms with van der Waals surface area (Å²) in [4.78, 5) is 4.10. The summed E-state index contributed by atoms with van der Waals surface area (Å²) in [6.07, 6.45) is -4.35. The van der Waals surface area contributed by atoms with Crippen LogP contribution in [0, 0.1) is 4.77 Å². The fourth-order valence-corrected chi connectivity index (χ4v) is 3.87. The van der Waals surface area contributed by atoms with Crippen LogP contribution in [0.1, 0.15) is 12.5 Å². The SMILES string of the molecule is CCOc1ccccc1-n1nnn(CN2CCN(c3cccc(C(F)(F)F)c3)CC2)c1=S. The molecule has 2 aromatic carbocycles. The number of aromatic nitrogens is 4. The van der Waals surface area contributed by atoms with Gasteiger partial charge in [0.25, 0.3) is 0 Å². The van der Waals surface area contributed by atoms with Crippen LogP contribution in [0.15, 0.2) is 48.5 Å². The monoisotopic (exact) mass is 464 g/mol. The zero-order valence-electron chi connectivity index (χ0n) is 17.5. The second kappa shape index (κ2) is 9.29. The van der Waals surface area contributed by atoms with Crippen molar-refractivity contribution >= 4 is 17.9 Å². The molecular formula is C21H23F3N6OS. The lowest BCUT2D eigenvalue weighted by molar-refractivity contribution is -0.137. The number of piperazine rings is 1. The number of benzene rings is 2. The zero-order chi connectivity index (χ0) is 22.7. The Morgan fingerprint density at radius 3 is 2.47 bits per heavy atom. The Kier molecular flexibility index (Phi) is 6.47. The molecule has 0 radical (unpaired) electrons. The molecule has 32 heavy (non-hydrogen) atoms. The van der Waals surface area contributed by atoms with E-state index in [4.69, 9.17) is 17.0 Å². The third-order valence-electron chi connectivity index (χ3n) is 5.28. The van der Waals surface area contributed by atoms with Crippen molar-refractivity contribution in [2.24, 2.45) is 0 Å². The van der Waals surface area contributed by atoms with Gasteiger partial charge < -0.3 is 9.64 Å². The van der Waals surface area contributed by atoms with Gasteiger partial charge in [-0.25, -0.2) is 4.68 Å². The average molecular weight is 465 g/mol. The number of rotatable bonds is 6. The molecule has 0 spiro atoms. The lowest BCUT2D eigenvalue weighted by atomic mass is 10.1. The first kappa shape index (κ1) is 22.3. The van der Waals surface area contributed by atoms with Crippen molar-refractivity contribution in [1.29, 1.82) is 0 Å². The van der Waals surface area contributed by atoms with Crippen LogP contribution in [0.25, 0.3) is 5.69 Å². The summed E-state index contributed by atoms with van der Waals surface area (Å²) in [5, 5.41) is 8.38. The predicted octanol–water partition coefficient (Wildman–Crippen LogP) is 4.00. The molecule has 170 valence electrons. The molecule has 1 aromatic heterocycles. The first-order valence-electron chi connectivity index (χ1n) is 10.3. The minimum absolute atomic E-state index is 0.442. The number of para-hydroxylation sites is 2. The number of anilines is 1. The zero-order valence-corrected chi connectivity index (χ0v) is 18.3. The van der Waals surface area contributed by atoms with Crippen LogP contribution in [-0.4, -0.2) is 57.5 Å². The van der Waals surface area contributed by atoms with Crippen molar-refractivity contribution in [3.8, 4) is 11.4 Å². The second-order valence-electron chi connectivity index (χ2n) is 7.37. The molecule has 11 heteroatoms. The van der Waals surface area contributed by atoms with Crippen LogP contribution in [0.5, 0.6) is 5.75 Å². The fourth-order valence-electron chi connectivity index (χ4n) is 3.64. The molecule has 0 aliphatic carbocycles. The lowest BCUT2D eigenvalue weighted by Gasteiger charge is -2.36. The molecule has 7 nitrogen and oxygen atoms in total. The number of halogens is 3. The van der Waals surface area contributed by atoms with Crippen molar-refractivity contribution in [3.63, 3.8) is 0 Å². The topological polar surface area (TPSA) is 51.4 Å². The normalized spacial score (nSPS) is 15.2. The van der Waals surface area contributed by atoms with Crippen molar-refractivity contribution in [1.82, 2.24) is 24.7 Å². The van der Waals surface area contributed by atoms with E-state index in [1.807, 2.05) is 36.1 Å². The van der Waals surface area contributed by atoms with Gasteiger partial charge in [-0.15, -0.1) is 0 Å². The highest BCUT2D eigenvalue weighted by Crippen LogP contribution is 2.32. The molecule has 1 fully saturated rings. The molecule has 1 aliphatic heterocycles. The summed E-state index contributed by atoms with van der Waals surface area (Å²) < 4.78 is 48.3. The number of alkyl halides is 3. The molecule has 4 rings (SSSR count). The Balaban J connectivity index is 1.42. The Hall–Kier alpha value is -2.92. The van der Waals surface area contributed by atoms with Crippen LogP contribution < -0.4 is 9.64 Å². The lowest BCUT2D eigenvalue weighted by Crippen LogP contribution is -2.47. The molecule has 0 bridgehead atoms. The Morgan fingerprint density at radius 1 is 1.00 bits per heavy atom. The predicted molar refractivity (Wildman–Crippen MR) is 117 cm³/mol. The fraction of sp³-hybridized carbons (Fsp3) is 0.381. The molecule has 0 N–H and O–H groups in total. The van der Waals surface area contributed by atoms with Crippen molar-refractivity contribution in [3.05, 3.63) is 58.9 Å². The summed E-state index contributed by atoms with van der Waals surface area (Å²) in [6.45, 7) is 5.43. The summed E-state index contributed by atoms with van der Waals surface area (Å²) in [6, 6.07) is 12.9. The maximum Gasteiger partial charge on any atom is 0.416 e. The van der Waals surface area contributed by atoms with Gasteiger partial charge in [0.15, 0.2) is 0 Å². The number of tetrazole rings is 1. The molecule has 0 unspecified atom stereocenters. The molecule has 0 saturated carbocycles. The van der Waals surface area contributed by atoms with E-state index in [-0.39, 0.29) is 0 Å². The highest BCUT2D eigenvalue weighted by molar-refractivity contribution is 7.71. The van der Waals surface area contributed by atoms with E-state index in [0.717, 1.165) is 11.8 Å². The number of ether oxygens (including phenoxy) is 1. The molecule has 2 heterocycles. The van der Waals surface area contributed by atoms with Crippen molar-refractivity contribution in [2.75, 3.05) is 37.7 Å². The summed E-state index contributed by atoms with van der Waals surface area (Å²) >= 11 is 5.57. The standard InChI is InChI=1S/C21H23F3N6OS/c1-2-31-19-9-4-3-8-18(19)30-20(32)29(25-26-30)15-27-10-12-28(13-11-27)17-7-5-6-16(14-17)21(22,23)24/h3-9,14H,2,10-13,15H2,1H3. The average Bonchev–Trinajstić information content (AvgIpc) is 3.14. The van der Waals surface area contributed by atoms with Crippen LogP contribution in [-0.2, 0) is 12.8 Å². The smallest absolute Gasteiger partial charge is 0.416 e. The van der Waals surface area contributed by atoms with Gasteiger partial charge in [0.05, 0.1) is 18.8 Å². The Morgan fingerprint density at radius 2 is 1.75 bits per heavy atom. The molecule has 0 amide bonds. The van der Waals surface area contributed by atoms with Gasteiger partial charge >= 0.3 is 6.18 Å². The van der Waals surface area contributed by atoms with Crippen LogP contribution in [0.3, 0.4) is 0 Å². The van der Waals surface area contributed by atoms with Crippen LogP contribution in [0.4, 0.5) is 18.9 Å². The molecule has 3 aromatic rings. The summed E-state index contributed by atoms with van der Waals surface area (Å²) in [7, 11) is 0. The van der Waals surface area contributed by atoms with E-state index in [1.54, 1.807) is 15.4 Å². The third-order valence-corrected chi connectivity index (χ3v) is 5.66. The number of nitrogens with zero attached hydrogens (tertiary/aromatic N) is 6. The van der Waals surface area contributed by atoms with Gasteiger partial charge in [-0.2, -0.15) is 17.9 Å². The Bertz CT molecular complexity index is 1120. The summed E-state index contributed by atoms with van der Waals surface area (Å²) in [5.74, 6) is 0.674. The van der Waals surface area contributed by atoms with Gasteiger partial charge in [0.2, 0.25) is 4.77 Å². The van der Waals surface area contributed by atoms with Gasteiger partial charge in [-0.05, 0) is 59.9 Å². The molecule has 1 aliphatic rings. The van der Waals surface area contributed by atoms with Crippen LogP contribution >= 0.6 is 12.2 Å². The quantitative estimate of drug-likeness (QED) is 0.514. The first-order chi connectivity index (χ1) is 15.4. The first-order valence-corrected chi connectivity index (χ1v) is 10.7. The molecule has 0 atom stereocenters. The largest absolute Gasteiger partial charge is 0.492 e. The highest BCUT2D eigenvalue weighted by atomic mass is 32.1. The molecular weight excluding hydrogens is 441 g/mol. The highest BCUT2D eigenvalue weighted by Gasteiger charge is 2.31. The minimum Gasteiger partial charge on any atom is -0.492 e. The molecule has 1 saturated heterocycles. The summed E-state index contributed by atoms with van der Waals surface area (Å²) in [5.41, 5.74) is 0.669. The van der Waals surface area contributed by atoms with E-state index in [9.17, 15) is 13.2 Å². The van der Waals surface area contributed by atoms with E-state index in [0.29, 0.717) is 55.7 Å². The van der Waals surface area contributed by atoms with Gasteiger partial charge in [-0.1, -0.05) is 18.2 Å². The van der Waals surface area contributed by atoms with Gasteiger partial charge in [0.1, 0.15) is 11.4 Å². The van der Waals surface area contributed by atoms with E-state index in [2.05, 4.69) is 15.3 Å². The van der Waals surface area contributed by atoms with Crippen molar-refractivity contribution in [2.45, 2.75) is 19.8 Å². The van der Waals surface area contributed by atoms with E-state index >= 15 is 0 Å². The minimum atomic E-state index is -4.35. The second-order valence-corrected chi connectivity index (χ2v) is 7.73. The number of hydrogen-bond acceptors (Lipinski definition) is 6. The maximum atomic E-state index is 13.0. The Labute approximate surface area is 188 Å². The van der Waals surface area contributed by atoms with Crippen LogP contribution in [0.2, 0.25) is 0 Å².